The lowest BCUT2D eigenvalue weighted by Crippen LogP contribution is -2.10. The third-order valence-electron chi connectivity index (χ3n) is 2.39. The summed E-state index contributed by atoms with van der Waals surface area (Å²) >= 11 is 0. The van der Waals surface area contributed by atoms with Gasteiger partial charge in [0.25, 0.3) is 0 Å². The van der Waals surface area contributed by atoms with Crippen LogP contribution in [0.15, 0.2) is 30.3 Å². The van der Waals surface area contributed by atoms with Crippen LogP contribution in [-0.2, 0) is 6.18 Å². The minimum absolute atomic E-state index is 0.0444. The van der Waals surface area contributed by atoms with Gasteiger partial charge in [-0.15, -0.1) is 0 Å². The molecule has 2 rings (SSSR count). The number of para-hydroxylation sites is 1. The Labute approximate surface area is 95.1 Å². The molecule has 0 bridgehead atoms. The van der Waals surface area contributed by atoms with Gasteiger partial charge in [0.2, 0.25) is 0 Å². The molecular formula is C12H8F3NO. The first-order valence-corrected chi connectivity index (χ1v) is 4.87. The Hall–Kier alpha value is -1.91. The van der Waals surface area contributed by atoms with Crippen molar-refractivity contribution in [3.63, 3.8) is 0 Å². The van der Waals surface area contributed by atoms with Crippen LogP contribution in [0.25, 0.3) is 10.9 Å². The Morgan fingerprint density at radius 1 is 1.24 bits per heavy atom. The van der Waals surface area contributed by atoms with E-state index in [0.29, 0.717) is 5.39 Å². The molecule has 0 unspecified atom stereocenters. The quantitative estimate of drug-likeness (QED) is 0.713. The van der Waals surface area contributed by atoms with E-state index >= 15 is 0 Å². The lowest BCUT2D eigenvalue weighted by Gasteiger charge is -2.09. The van der Waals surface area contributed by atoms with Crippen molar-refractivity contribution in [3.05, 3.63) is 41.6 Å². The van der Waals surface area contributed by atoms with Gasteiger partial charge in [-0.1, -0.05) is 18.2 Å². The molecule has 0 radical (unpaired) electrons. The summed E-state index contributed by atoms with van der Waals surface area (Å²) in [4.78, 5) is 14.9. The lowest BCUT2D eigenvalue weighted by molar-refractivity contribution is -0.140. The standard InChI is InChI=1S/C12H8F3NO/c1-7(17)9-6-11(12(13,14)15)16-10-5-3-2-4-8(9)10/h2-6H,1H3. The number of fused-ring (bicyclic) bond motifs is 1. The number of carbonyl (C=O) groups is 1. The van der Waals surface area contributed by atoms with E-state index in [0.717, 1.165) is 6.07 Å². The predicted octanol–water partition coefficient (Wildman–Crippen LogP) is 3.46. The molecule has 0 saturated carbocycles. The van der Waals surface area contributed by atoms with Gasteiger partial charge in [0.15, 0.2) is 5.78 Å². The van der Waals surface area contributed by atoms with Crippen molar-refractivity contribution < 1.29 is 18.0 Å². The Balaban J connectivity index is 2.81. The molecule has 1 heterocycles. The summed E-state index contributed by atoms with van der Waals surface area (Å²) in [6.07, 6.45) is -4.55. The molecule has 0 spiro atoms. The SMILES string of the molecule is CC(=O)c1cc(C(F)(F)F)nc2ccccc12. The zero-order valence-electron chi connectivity index (χ0n) is 8.88. The number of benzene rings is 1. The van der Waals surface area contributed by atoms with E-state index < -0.39 is 17.7 Å². The molecule has 2 nitrogen and oxygen atoms in total. The van der Waals surface area contributed by atoms with Crippen LogP contribution < -0.4 is 0 Å². The number of rotatable bonds is 1. The molecule has 0 amide bonds. The average Bonchev–Trinajstić information content (AvgIpc) is 2.26. The highest BCUT2D eigenvalue weighted by atomic mass is 19.4. The van der Waals surface area contributed by atoms with Gasteiger partial charge in [0, 0.05) is 10.9 Å². The first kappa shape index (κ1) is 11.6. The number of carbonyl (C=O) groups excluding carboxylic acids is 1. The summed E-state index contributed by atoms with van der Waals surface area (Å²) in [5.74, 6) is -0.408. The van der Waals surface area contributed by atoms with Crippen molar-refractivity contribution >= 4 is 16.7 Å². The minimum atomic E-state index is -4.55. The molecule has 1 aromatic carbocycles. The summed E-state index contributed by atoms with van der Waals surface area (Å²) < 4.78 is 37.8. The van der Waals surface area contributed by atoms with Gasteiger partial charge in [-0.05, 0) is 19.1 Å². The van der Waals surface area contributed by atoms with Gasteiger partial charge >= 0.3 is 6.18 Å². The van der Waals surface area contributed by atoms with Crippen LogP contribution in [-0.4, -0.2) is 10.8 Å². The maximum atomic E-state index is 12.6. The third-order valence-corrected chi connectivity index (χ3v) is 2.39. The zero-order valence-corrected chi connectivity index (χ0v) is 8.88. The fraction of sp³-hybridized carbons (Fsp3) is 0.167. The summed E-state index contributed by atoms with van der Waals surface area (Å²) in [6, 6.07) is 7.07. The zero-order chi connectivity index (χ0) is 12.6. The molecule has 0 fully saturated rings. The first-order chi connectivity index (χ1) is 7.89. The van der Waals surface area contributed by atoms with Crippen LogP contribution in [0.4, 0.5) is 13.2 Å². The molecule has 0 aliphatic heterocycles. The lowest BCUT2D eigenvalue weighted by atomic mass is 10.0. The van der Waals surface area contributed by atoms with Crippen molar-refractivity contribution in [1.29, 1.82) is 0 Å². The third kappa shape index (κ3) is 2.13. The van der Waals surface area contributed by atoms with Crippen molar-refractivity contribution in [2.24, 2.45) is 0 Å². The van der Waals surface area contributed by atoms with Crippen LogP contribution in [0.1, 0.15) is 23.0 Å². The smallest absolute Gasteiger partial charge is 0.294 e. The Kier molecular flexibility index (Phi) is 2.61. The number of halogens is 3. The van der Waals surface area contributed by atoms with Crippen LogP contribution in [0.3, 0.4) is 0 Å². The van der Waals surface area contributed by atoms with Gasteiger partial charge in [0.05, 0.1) is 5.52 Å². The highest BCUT2D eigenvalue weighted by Crippen LogP contribution is 2.30. The van der Waals surface area contributed by atoms with E-state index in [1.165, 1.54) is 13.0 Å². The van der Waals surface area contributed by atoms with Crippen molar-refractivity contribution in [3.8, 4) is 0 Å². The molecular weight excluding hydrogens is 231 g/mol. The Bertz CT molecular complexity index is 590. The number of alkyl halides is 3. The molecule has 0 atom stereocenters. The second kappa shape index (κ2) is 3.84. The maximum absolute atomic E-state index is 12.6. The molecule has 17 heavy (non-hydrogen) atoms. The van der Waals surface area contributed by atoms with Gasteiger partial charge in [-0.2, -0.15) is 13.2 Å². The number of Topliss-reactive ketones (excluding diaryl/α,β-unsaturated/α-hetero) is 1. The number of nitrogens with zero attached hydrogens (tertiary/aromatic N) is 1. The molecule has 0 aliphatic rings. The van der Waals surface area contributed by atoms with Crippen LogP contribution in [0.2, 0.25) is 0 Å². The second-order valence-corrected chi connectivity index (χ2v) is 3.63. The van der Waals surface area contributed by atoms with E-state index in [1.54, 1.807) is 18.2 Å². The predicted molar refractivity (Wildman–Crippen MR) is 56.7 cm³/mol. The van der Waals surface area contributed by atoms with Gasteiger partial charge in [0.1, 0.15) is 5.69 Å². The number of pyridine rings is 1. The van der Waals surface area contributed by atoms with Gasteiger partial charge in [-0.25, -0.2) is 4.98 Å². The molecule has 88 valence electrons. The summed E-state index contributed by atoms with van der Waals surface area (Å²) in [5, 5.41) is 0.438. The fourth-order valence-corrected chi connectivity index (χ4v) is 1.61. The summed E-state index contributed by atoms with van der Waals surface area (Å²) in [7, 11) is 0. The first-order valence-electron chi connectivity index (χ1n) is 4.87. The molecule has 2 aromatic rings. The van der Waals surface area contributed by atoms with E-state index in [-0.39, 0.29) is 11.1 Å². The second-order valence-electron chi connectivity index (χ2n) is 3.63. The molecule has 0 saturated heterocycles. The Morgan fingerprint density at radius 2 is 1.88 bits per heavy atom. The largest absolute Gasteiger partial charge is 0.433 e. The normalized spacial score (nSPS) is 11.8. The molecule has 1 aromatic heterocycles. The van der Waals surface area contributed by atoms with Crippen LogP contribution in [0.5, 0.6) is 0 Å². The van der Waals surface area contributed by atoms with Crippen molar-refractivity contribution in [2.75, 3.05) is 0 Å². The van der Waals surface area contributed by atoms with Crippen molar-refractivity contribution in [1.82, 2.24) is 4.98 Å². The minimum Gasteiger partial charge on any atom is -0.294 e. The number of ketones is 1. The molecule has 5 heteroatoms. The number of aromatic nitrogens is 1. The topological polar surface area (TPSA) is 30.0 Å². The monoisotopic (exact) mass is 239 g/mol. The van der Waals surface area contributed by atoms with E-state index in [9.17, 15) is 18.0 Å². The van der Waals surface area contributed by atoms with Crippen LogP contribution >= 0.6 is 0 Å². The summed E-state index contributed by atoms with van der Waals surface area (Å²) in [6.45, 7) is 1.24. The highest BCUT2D eigenvalue weighted by molar-refractivity contribution is 6.06. The molecule has 0 aliphatic carbocycles. The van der Waals surface area contributed by atoms with Crippen molar-refractivity contribution in [2.45, 2.75) is 13.1 Å². The van der Waals surface area contributed by atoms with Gasteiger partial charge < -0.3 is 0 Å². The van der Waals surface area contributed by atoms with Crippen LogP contribution in [0, 0.1) is 0 Å². The number of hydrogen-bond donors (Lipinski definition) is 0. The van der Waals surface area contributed by atoms with Gasteiger partial charge in [-0.3, -0.25) is 4.79 Å². The fourth-order valence-electron chi connectivity index (χ4n) is 1.61. The highest BCUT2D eigenvalue weighted by Gasteiger charge is 2.33. The number of hydrogen-bond acceptors (Lipinski definition) is 2. The maximum Gasteiger partial charge on any atom is 0.433 e. The summed E-state index contributed by atoms with van der Waals surface area (Å²) in [5.41, 5.74) is -0.822. The van der Waals surface area contributed by atoms with E-state index in [4.69, 9.17) is 0 Å². The molecule has 0 N–H and O–H groups in total. The van der Waals surface area contributed by atoms with E-state index in [2.05, 4.69) is 4.98 Å². The Morgan fingerprint density at radius 3 is 2.47 bits per heavy atom. The van der Waals surface area contributed by atoms with E-state index in [1.807, 2.05) is 0 Å². The average molecular weight is 239 g/mol.